The van der Waals surface area contributed by atoms with Crippen molar-refractivity contribution in [3.8, 4) is 0 Å². The highest BCUT2D eigenvalue weighted by molar-refractivity contribution is 7.92. The zero-order valence-corrected chi connectivity index (χ0v) is 15.9. The summed E-state index contributed by atoms with van der Waals surface area (Å²) in [4.78, 5) is 22.6. The number of carbonyl (C=O) groups is 1. The summed E-state index contributed by atoms with van der Waals surface area (Å²) in [5, 5.41) is 13.4. The van der Waals surface area contributed by atoms with Gasteiger partial charge in [0.05, 0.1) is 27.5 Å². The first kappa shape index (κ1) is 19.1. The third-order valence-corrected chi connectivity index (χ3v) is 5.72. The molecule has 10 heteroatoms. The molecule has 3 rings (SSSR count). The molecule has 0 atom stereocenters. The lowest BCUT2D eigenvalue weighted by molar-refractivity contribution is -0.384. The van der Waals surface area contributed by atoms with E-state index < -0.39 is 20.9 Å². The van der Waals surface area contributed by atoms with Crippen LogP contribution < -0.4 is 9.62 Å². The van der Waals surface area contributed by atoms with Gasteiger partial charge in [0.2, 0.25) is 10.0 Å². The lowest BCUT2D eigenvalue weighted by atomic mass is 10.0. The fourth-order valence-electron chi connectivity index (χ4n) is 2.96. The molecule has 0 radical (unpaired) electrons. The Morgan fingerprint density at radius 2 is 2.00 bits per heavy atom. The first-order chi connectivity index (χ1) is 12.7. The molecule has 142 valence electrons. The molecule has 0 saturated carbocycles. The zero-order valence-electron chi connectivity index (χ0n) is 14.3. The minimum atomic E-state index is -3.42. The summed E-state index contributed by atoms with van der Waals surface area (Å²) in [6, 6.07) is 8.64. The predicted octanol–water partition coefficient (Wildman–Crippen LogP) is 3.21. The number of nitrogens with one attached hydrogen (secondary N) is 1. The Balaban J connectivity index is 1.88. The number of fused-ring (bicyclic) bond motifs is 1. The molecule has 0 aromatic heterocycles. The second kappa shape index (κ2) is 7.16. The molecular weight excluding hydrogens is 394 g/mol. The van der Waals surface area contributed by atoms with Crippen LogP contribution >= 0.6 is 11.6 Å². The second-order valence-corrected chi connectivity index (χ2v) is 8.47. The van der Waals surface area contributed by atoms with Gasteiger partial charge in [-0.25, -0.2) is 8.42 Å². The topological polar surface area (TPSA) is 110 Å². The number of non-ortho nitro benzene ring substituents is 1. The van der Waals surface area contributed by atoms with E-state index in [9.17, 15) is 23.3 Å². The summed E-state index contributed by atoms with van der Waals surface area (Å²) in [5.74, 6) is -0.545. The lowest BCUT2D eigenvalue weighted by Crippen LogP contribution is -2.34. The van der Waals surface area contributed by atoms with Crippen molar-refractivity contribution < 1.29 is 18.1 Å². The van der Waals surface area contributed by atoms with Crippen LogP contribution in [0.2, 0.25) is 5.02 Å². The highest BCUT2D eigenvalue weighted by atomic mass is 35.5. The Kier molecular flexibility index (Phi) is 5.07. The van der Waals surface area contributed by atoms with E-state index in [0.717, 1.165) is 30.7 Å². The fourth-order valence-corrected chi connectivity index (χ4v) is 4.21. The SMILES string of the molecule is CS(=O)(=O)N1CCCc2ccc(NC(=O)c3ccc([N+](=O)[O-])cc3Cl)cc21. The molecule has 1 amide bonds. The van der Waals surface area contributed by atoms with E-state index in [1.807, 2.05) is 0 Å². The number of aryl methyl sites for hydroxylation is 1. The lowest BCUT2D eigenvalue weighted by Gasteiger charge is -2.29. The van der Waals surface area contributed by atoms with Crippen molar-refractivity contribution in [1.82, 2.24) is 0 Å². The molecule has 1 aliphatic heterocycles. The molecule has 2 aromatic rings. The van der Waals surface area contributed by atoms with Crippen LogP contribution in [0.15, 0.2) is 36.4 Å². The largest absolute Gasteiger partial charge is 0.322 e. The number of halogens is 1. The monoisotopic (exact) mass is 409 g/mol. The second-order valence-electron chi connectivity index (χ2n) is 6.16. The maximum atomic E-state index is 12.5. The number of carbonyl (C=O) groups excluding carboxylic acids is 1. The predicted molar refractivity (Wildman–Crippen MR) is 103 cm³/mol. The van der Waals surface area contributed by atoms with Crippen LogP contribution in [0.1, 0.15) is 22.3 Å². The van der Waals surface area contributed by atoms with Crippen LogP contribution in [0.4, 0.5) is 17.1 Å². The van der Waals surface area contributed by atoms with Gasteiger partial charge in [-0.2, -0.15) is 0 Å². The van der Waals surface area contributed by atoms with Gasteiger partial charge in [0, 0.05) is 24.4 Å². The van der Waals surface area contributed by atoms with Crippen molar-refractivity contribution in [2.75, 3.05) is 22.4 Å². The van der Waals surface area contributed by atoms with Crippen molar-refractivity contribution in [1.29, 1.82) is 0 Å². The average Bonchev–Trinajstić information content (AvgIpc) is 2.60. The van der Waals surface area contributed by atoms with Crippen LogP contribution in [0.25, 0.3) is 0 Å². The molecular formula is C17H16ClN3O5S. The van der Waals surface area contributed by atoms with Gasteiger partial charge in [-0.1, -0.05) is 17.7 Å². The van der Waals surface area contributed by atoms with Crippen LogP contribution in [0, 0.1) is 10.1 Å². The number of nitrogens with zero attached hydrogens (tertiary/aromatic N) is 2. The third-order valence-electron chi connectivity index (χ3n) is 4.23. The first-order valence-electron chi connectivity index (χ1n) is 8.03. The Labute approximate surface area is 160 Å². The summed E-state index contributed by atoms with van der Waals surface area (Å²) >= 11 is 5.98. The van der Waals surface area contributed by atoms with Crippen molar-refractivity contribution in [3.63, 3.8) is 0 Å². The number of rotatable bonds is 4. The van der Waals surface area contributed by atoms with Crippen molar-refractivity contribution in [2.45, 2.75) is 12.8 Å². The molecule has 2 aromatic carbocycles. The Bertz CT molecular complexity index is 1040. The highest BCUT2D eigenvalue weighted by Gasteiger charge is 2.24. The van der Waals surface area contributed by atoms with Crippen LogP contribution in [0.3, 0.4) is 0 Å². The van der Waals surface area contributed by atoms with Crippen molar-refractivity contribution in [3.05, 3.63) is 62.7 Å². The molecule has 1 heterocycles. The number of sulfonamides is 1. The molecule has 27 heavy (non-hydrogen) atoms. The van der Waals surface area contributed by atoms with Gasteiger partial charge < -0.3 is 5.32 Å². The fraction of sp³-hybridized carbons (Fsp3) is 0.235. The number of benzene rings is 2. The van der Waals surface area contributed by atoms with E-state index in [-0.39, 0.29) is 16.3 Å². The van der Waals surface area contributed by atoms with Crippen LogP contribution in [-0.2, 0) is 16.4 Å². The van der Waals surface area contributed by atoms with E-state index in [1.165, 1.54) is 16.4 Å². The minimum Gasteiger partial charge on any atom is -0.322 e. The molecule has 1 aliphatic rings. The normalized spacial score (nSPS) is 13.8. The van der Waals surface area contributed by atoms with E-state index in [4.69, 9.17) is 11.6 Å². The summed E-state index contributed by atoms with van der Waals surface area (Å²) < 4.78 is 25.3. The smallest absolute Gasteiger partial charge is 0.270 e. The van der Waals surface area contributed by atoms with Gasteiger partial charge in [-0.15, -0.1) is 0 Å². The van der Waals surface area contributed by atoms with Gasteiger partial charge in [-0.05, 0) is 36.6 Å². The maximum absolute atomic E-state index is 12.5. The summed E-state index contributed by atoms with van der Waals surface area (Å²) in [7, 11) is -3.42. The number of hydrogen-bond acceptors (Lipinski definition) is 5. The zero-order chi connectivity index (χ0) is 19.8. The molecule has 0 saturated heterocycles. The third kappa shape index (κ3) is 4.04. The quantitative estimate of drug-likeness (QED) is 0.615. The molecule has 0 aliphatic carbocycles. The number of hydrogen-bond donors (Lipinski definition) is 1. The molecule has 0 spiro atoms. The molecule has 1 N–H and O–H groups in total. The number of anilines is 2. The summed E-state index contributed by atoms with van der Waals surface area (Å²) in [5.41, 5.74) is 1.70. The molecule has 0 bridgehead atoms. The van der Waals surface area contributed by atoms with Crippen LogP contribution in [0.5, 0.6) is 0 Å². The first-order valence-corrected chi connectivity index (χ1v) is 10.3. The Hall–Kier alpha value is -2.65. The van der Waals surface area contributed by atoms with E-state index >= 15 is 0 Å². The van der Waals surface area contributed by atoms with Gasteiger partial charge in [0.15, 0.2) is 0 Å². The summed E-state index contributed by atoms with van der Waals surface area (Å²) in [6.45, 7) is 0.386. The Morgan fingerprint density at radius 1 is 1.26 bits per heavy atom. The standard InChI is InChI=1S/C17H16ClN3O5S/c1-27(25,26)20-8-2-3-11-4-5-12(9-16(11)20)19-17(22)14-7-6-13(21(23)24)10-15(14)18/h4-7,9-10H,2-3,8H2,1H3,(H,19,22). The number of amides is 1. The molecule has 0 fully saturated rings. The van der Waals surface area contributed by atoms with E-state index in [1.54, 1.807) is 18.2 Å². The number of nitro groups is 1. The summed E-state index contributed by atoms with van der Waals surface area (Å²) in [6.07, 6.45) is 2.62. The molecule has 0 unspecified atom stereocenters. The Morgan fingerprint density at radius 3 is 2.63 bits per heavy atom. The van der Waals surface area contributed by atoms with Gasteiger partial charge in [0.1, 0.15) is 0 Å². The van der Waals surface area contributed by atoms with Crippen molar-refractivity contribution in [2.24, 2.45) is 0 Å². The maximum Gasteiger partial charge on any atom is 0.270 e. The van der Waals surface area contributed by atoms with Gasteiger partial charge in [0.25, 0.3) is 11.6 Å². The van der Waals surface area contributed by atoms with E-state index in [0.29, 0.717) is 17.9 Å². The van der Waals surface area contributed by atoms with Gasteiger partial charge >= 0.3 is 0 Å². The number of nitro benzene ring substituents is 1. The average molecular weight is 410 g/mol. The van der Waals surface area contributed by atoms with Gasteiger partial charge in [-0.3, -0.25) is 19.2 Å². The van der Waals surface area contributed by atoms with Crippen LogP contribution in [-0.4, -0.2) is 32.0 Å². The minimum absolute atomic E-state index is 0.0441. The highest BCUT2D eigenvalue weighted by Crippen LogP contribution is 2.32. The van der Waals surface area contributed by atoms with Crippen molar-refractivity contribution >= 4 is 44.6 Å². The van der Waals surface area contributed by atoms with E-state index in [2.05, 4.69) is 5.32 Å². The molecule has 8 nitrogen and oxygen atoms in total.